The summed E-state index contributed by atoms with van der Waals surface area (Å²) in [5, 5.41) is 11.3. The molecule has 1 rings (SSSR count). The van der Waals surface area contributed by atoms with E-state index in [0.29, 0.717) is 19.6 Å². The number of nitrogens with zero attached hydrogens (tertiary/aromatic N) is 1. The third-order valence-corrected chi connectivity index (χ3v) is 1.86. The zero-order valence-corrected chi connectivity index (χ0v) is 7.46. The smallest absolute Gasteiger partial charge is 0.0843 e. The summed E-state index contributed by atoms with van der Waals surface area (Å²) in [7, 11) is 0. The van der Waals surface area contributed by atoms with Crippen LogP contribution in [0.5, 0.6) is 0 Å². The minimum Gasteiger partial charge on any atom is -0.326 e. The maximum Gasteiger partial charge on any atom is 0.0843 e. The Hall–Kier alpha value is -1.37. The molecule has 68 valence electrons. The van der Waals surface area contributed by atoms with Gasteiger partial charge in [-0.2, -0.15) is 5.26 Å². The largest absolute Gasteiger partial charge is 0.326 e. The van der Waals surface area contributed by atoms with Gasteiger partial charge in [0.15, 0.2) is 0 Å². The average molecular weight is 175 g/mol. The number of hydrogen-bond acceptors (Lipinski definition) is 3. The third-order valence-electron chi connectivity index (χ3n) is 1.86. The van der Waals surface area contributed by atoms with Crippen LogP contribution in [-0.2, 0) is 13.1 Å². The zero-order chi connectivity index (χ0) is 9.52. The van der Waals surface area contributed by atoms with Gasteiger partial charge in [-0.1, -0.05) is 24.3 Å². The van der Waals surface area contributed by atoms with Crippen molar-refractivity contribution in [2.75, 3.05) is 6.54 Å². The summed E-state index contributed by atoms with van der Waals surface area (Å²) in [6, 6.07) is 10.00. The normalized spacial score (nSPS) is 9.54. The summed E-state index contributed by atoms with van der Waals surface area (Å²) in [6.07, 6.45) is 0. The van der Waals surface area contributed by atoms with Gasteiger partial charge in [0.05, 0.1) is 12.6 Å². The molecule has 0 radical (unpaired) electrons. The molecule has 0 fully saturated rings. The Balaban J connectivity index is 2.60. The standard InChI is InChI=1S/C10H13N3/c11-5-6-13-8-10-4-2-1-3-9(10)7-12/h1-4,13H,6-8,12H2. The number of benzene rings is 1. The molecule has 0 aromatic heterocycles. The van der Waals surface area contributed by atoms with E-state index >= 15 is 0 Å². The van der Waals surface area contributed by atoms with Gasteiger partial charge in [0.2, 0.25) is 0 Å². The number of hydrogen-bond donors (Lipinski definition) is 2. The van der Waals surface area contributed by atoms with E-state index in [4.69, 9.17) is 11.0 Å². The Morgan fingerprint density at radius 2 is 2.00 bits per heavy atom. The van der Waals surface area contributed by atoms with E-state index < -0.39 is 0 Å². The molecule has 3 heteroatoms. The Labute approximate surface area is 78.2 Å². The Bertz CT molecular complexity index is 301. The fraction of sp³-hybridized carbons (Fsp3) is 0.300. The summed E-state index contributed by atoms with van der Waals surface area (Å²) in [6.45, 7) is 1.63. The van der Waals surface area contributed by atoms with Gasteiger partial charge >= 0.3 is 0 Å². The third kappa shape index (κ3) is 2.86. The van der Waals surface area contributed by atoms with Crippen LogP contribution in [0.2, 0.25) is 0 Å². The van der Waals surface area contributed by atoms with Crippen molar-refractivity contribution in [1.29, 1.82) is 5.26 Å². The molecule has 0 unspecified atom stereocenters. The van der Waals surface area contributed by atoms with E-state index in [1.54, 1.807) is 0 Å². The van der Waals surface area contributed by atoms with Crippen LogP contribution in [0.15, 0.2) is 24.3 Å². The van der Waals surface area contributed by atoms with Crippen molar-refractivity contribution < 1.29 is 0 Å². The molecule has 0 saturated heterocycles. The van der Waals surface area contributed by atoms with E-state index in [9.17, 15) is 0 Å². The molecular weight excluding hydrogens is 162 g/mol. The molecule has 3 nitrogen and oxygen atoms in total. The van der Waals surface area contributed by atoms with Crippen LogP contribution in [0.3, 0.4) is 0 Å². The van der Waals surface area contributed by atoms with Crippen LogP contribution in [0, 0.1) is 11.3 Å². The predicted molar refractivity (Wildman–Crippen MR) is 51.7 cm³/mol. The van der Waals surface area contributed by atoms with Crippen molar-refractivity contribution in [3.05, 3.63) is 35.4 Å². The van der Waals surface area contributed by atoms with E-state index in [0.717, 1.165) is 5.56 Å². The predicted octanol–water partition coefficient (Wildman–Crippen LogP) is 0.758. The van der Waals surface area contributed by atoms with E-state index in [1.165, 1.54) is 5.56 Å². The molecule has 0 aliphatic rings. The van der Waals surface area contributed by atoms with Crippen LogP contribution in [0.1, 0.15) is 11.1 Å². The molecule has 0 amide bonds. The van der Waals surface area contributed by atoms with E-state index in [-0.39, 0.29) is 0 Å². The highest BCUT2D eigenvalue weighted by molar-refractivity contribution is 5.26. The van der Waals surface area contributed by atoms with Crippen LogP contribution in [0.25, 0.3) is 0 Å². The molecule has 3 N–H and O–H groups in total. The highest BCUT2D eigenvalue weighted by Gasteiger charge is 1.97. The molecule has 1 aromatic rings. The first kappa shape index (κ1) is 9.72. The van der Waals surface area contributed by atoms with Gasteiger partial charge in [-0.05, 0) is 11.1 Å². The van der Waals surface area contributed by atoms with Crippen molar-refractivity contribution in [3.63, 3.8) is 0 Å². The Morgan fingerprint density at radius 1 is 1.31 bits per heavy atom. The van der Waals surface area contributed by atoms with E-state index in [1.807, 2.05) is 30.3 Å². The number of nitrogens with one attached hydrogen (secondary N) is 1. The summed E-state index contributed by atoms with van der Waals surface area (Å²) < 4.78 is 0. The molecule has 0 spiro atoms. The number of nitrogens with two attached hydrogens (primary N) is 1. The second-order valence-corrected chi connectivity index (χ2v) is 2.73. The molecular formula is C10H13N3. The van der Waals surface area contributed by atoms with Gasteiger partial charge in [-0.3, -0.25) is 0 Å². The molecule has 0 saturated carbocycles. The number of nitriles is 1. The first-order valence-corrected chi connectivity index (χ1v) is 4.23. The highest BCUT2D eigenvalue weighted by Crippen LogP contribution is 2.06. The van der Waals surface area contributed by atoms with Gasteiger partial charge in [0.25, 0.3) is 0 Å². The van der Waals surface area contributed by atoms with Gasteiger partial charge in [0, 0.05) is 13.1 Å². The lowest BCUT2D eigenvalue weighted by atomic mass is 10.1. The second kappa shape index (κ2) is 5.31. The minimum absolute atomic E-state index is 0.374. The lowest BCUT2D eigenvalue weighted by molar-refractivity contribution is 0.756. The van der Waals surface area contributed by atoms with Gasteiger partial charge in [-0.15, -0.1) is 0 Å². The molecule has 13 heavy (non-hydrogen) atoms. The fourth-order valence-corrected chi connectivity index (χ4v) is 1.18. The molecule has 0 heterocycles. The topological polar surface area (TPSA) is 61.8 Å². The lowest BCUT2D eigenvalue weighted by Gasteiger charge is -2.06. The van der Waals surface area contributed by atoms with Gasteiger partial charge in [-0.25, -0.2) is 0 Å². The van der Waals surface area contributed by atoms with Crippen LogP contribution < -0.4 is 11.1 Å². The van der Waals surface area contributed by atoms with E-state index in [2.05, 4.69) is 5.32 Å². The zero-order valence-electron chi connectivity index (χ0n) is 7.46. The monoisotopic (exact) mass is 175 g/mol. The van der Waals surface area contributed by atoms with Gasteiger partial charge in [0.1, 0.15) is 0 Å². The van der Waals surface area contributed by atoms with Gasteiger partial charge < -0.3 is 11.1 Å². The highest BCUT2D eigenvalue weighted by atomic mass is 14.8. The lowest BCUT2D eigenvalue weighted by Crippen LogP contribution is -2.15. The van der Waals surface area contributed by atoms with Crippen LogP contribution >= 0.6 is 0 Å². The van der Waals surface area contributed by atoms with Crippen molar-refractivity contribution in [3.8, 4) is 6.07 Å². The SMILES string of the molecule is N#CCNCc1ccccc1CN. The molecule has 0 atom stereocenters. The molecule has 1 aromatic carbocycles. The minimum atomic E-state index is 0.374. The Kier molecular flexibility index (Phi) is 3.97. The summed E-state index contributed by atoms with van der Waals surface area (Å²) >= 11 is 0. The maximum absolute atomic E-state index is 8.33. The van der Waals surface area contributed by atoms with Crippen molar-refractivity contribution in [1.82, 2.24) is 5.32 Å². The molecule has 0 aliphatic heterocycles. The number of rotatable bonds is 4. The second-order valence-electron chi connectivity index (χ2n) is 2.73. The fourth-order valence-electron chi connectivity index (χ4n) is 1.18. The summed E-state index contributed by atoms with van der Waals surface area (Å²) in [5.41, 5.74) is 7.86. The Morgan fingerprint density at radius 3 is 2.62 bits per heavy atom. The summed E-state index contributed by atoms with van der Waals surface area (Å²) in [4.78, 5) is 0. The van der Waals surface area contributed by atoms with Crippen LogP contribution in [-0.4, -0.2) is 6.54 Å². The first-order valence-electron chi connectivity index (χ1n) is 4.23. The first-order chi connectivity index (χ1) is 6.38. The van der Waals surface area contributed by atoms with Crippen molar-refractivity contribution in [2.45, 2.75) is 13.1 Å². The van der Waals surface area contributed by atoms with Crippen LogP contribution in [0.4, 0.5) is 0 Å². The van der Waals surface area contributed by atoms with Crippen molar-refractivity contribution in [2.24, 2.45) is 5.73 Å². The summed E-state index contributed by atoms with van der Waals surface area (Å²) in [5.74, 6) is 0. The average Bonchev–Trinajstić information content (AvgIpc) is 2.19. The quantitative estimate of drug-likeness (QED) is 0.524. The maximum atomic E-state index is 8.33. The van der Waals surface area contributed by atoms with Crippen molar-refractivity contribution >= 4 is 0 Å². The molecule has 0 bridgehead atoms. The molecule has 0 aliphatic carbocycles.